The van der Waals surface area contributed by atoms with E-state index in [1.807, 2.05) is 6.07 Å². The molecule has 1 rings (SSSR count). The van der Waals surface area contributed by atoms with Gasteiger partial charge in [0.1, 0.15) is 0 Å². The lowest BCUT2D eigenvalue weighted by Gasteiger charge is -2.07. The van der Waals surface area contributed by atoms with E-state index in [1.54, 1.807) is 24.3 Å². The molecule has 0 saturated heterocycles. The molecule has 0 aliphatic rings. The molecule has 0 aliphatic carbocycles. The molecule has 1 aromatic rings. The van der Waals surface area contributed by atoms with Gasteiger partial charge in [-0.15, -0.1) is 0 Å². The monoisotopic (exact) mass is 260 g/mol. The fourth-order valence-electron chi connectivity index (χ4n) is 1.25. The highest BCUT2D eigenvalue weighted by Gasteiger charge is 2.27. The topological polar surface area (TPSA) is 35.8 Å². The maximum Gasteiger partial charge on any atom is 0.441 e. The summed E-state index contributed by atoms with van der Waals surface area (Å²) in [5, 5.41) is 11.7. The summed E-state index contributed by atoms with van der Waals surface area (Å²) >= 11 is -0.0488. The van der Waals surface area contributed by atoms with Crippen LogP contribution in [0.15, 0.2) is 24.3 Å². The van der Waals surface area contributed by atoms with Crippen molar-refractivity contribution < 1.29 is 13.2 Å². The predicted octanol–water partition coefficient (Wildman–Crippen LogP) is 2.90. The number of halogens is 3. The molecule has 0 amide bonds. The molecule has 0 fully saturated rings. The van der Waals surface area contributed by atoms with Gasteiger partial charge in [-0.2, -0.15) is 18.4 Å². The Labute approximate surface area is 102 Å². The summed E-state index contributed by atoms with van der Waals surface area (Å²) in [5.41, 5.74) is -2.83. The van der Waals surface area contributed by atoms with E-state index in [9.17, 15) is 13.2 Å². The van der Waals surface area contributed by atoms with Crippen LogP contribution in [-0.2, 0) is 6.54 Å². The van der Waals surface area contributed by atoms with Gasteiger partial charge in [0.2, 0.25) is 0 Å². The zero-order valence-electron chi connectivity index (χ0n) is 8.92. The van der Waals surface area contributed by atoms with E-state index in [1.165, 1.54) is 0 Å². The van der Waals surface area contributed by atoms with Crippen molar-refractivity contribution in [2.24, 2.45) is 0 Å². The molecule has 0 spiro atoms. The van der Waals surface area contributed by atoms with Gasteiger partial charge < -0.3 is 5.32 Å². The highest BCUT2D eigenvalue weighted by Crippen LogP contribution is 2.29. The minimum absolute atomic E-state index is 0.0295. The van der Waals surface area contributed by atoms with Crippen LogP contribution < -0.4 is 5.32 Å². The first-order valence-corrected chi connectivity index (χ1v) is 5.91. The van der Waals surface area contributed by atoms with Crippen molar-refractivity contribution in [3.63, 3.8) is 0 Å². The van der Waals surface area contributed by atoms with Gasteiger partial charge in [0.05, 0.1) is 11.6 Å². The molecule has 0 atom stereocenters. The van der Waals surface area contributed by atoms with Crippen LogP contribution in [0.1, 0.15) is 11.1 Å². The third-order valence-electron chi connectivity index (χ3n) is 2.00. The Hall–Kier alpha value is -1.19. The standard InChI is InChI=1S/C11H11F3N2S/c12-11(13,14)17-6-5-16-8-10-4-2-1-3-9(10)7-15/h1-4,16H,5-6,8H2. The van der Waals surface area contributed by atoms with Gasteiger partial charge in [-0.1, -0.05) is 18.2 Å². The van der Waals surface area contributed by atoms with Crippen LogP contribution in [0.3, 0.4) is 0 Å². The van der Waals surface area contributed by atoms with E-state index in [0.717, 1.165) is 5.56 Å². The van der Waals surface area contributed by atoms with Crippen molar-refractivity contribution >= 4 is 11.8 Å². The van der Waals surface area contributed by atoms with Crippen LogP contribution in [-0.4, -0.2) is 17.8 Å². The highest BCUT2D eigenvalue weighted by atomic mass is 32.2. The minimum atomic E-state index is -4.17. The van der Waals surface area contributed by atoms with Crippen molar-refractivity contribution in [1.82, 2.24) is 5.32 Å². The van der Waals surface area contributed by atoms with Gasteiger partial charge in [0, 0.05) is 18.8 Å². The third-order valence-corrected chi connectivity index (χ3v) is 2.73. The smallest absolute Gasteiger partial charge is 0.312 e. The van der Waals surface area contributed by atoms with E-state index >= 15 is 0 Å². The Morgan fingerprint density at radius 2 is 2.00 bits per heavy atom. The Kier molecular flexibility index (Phi) is 5.32. The van der Waals surface area contributed by atoms with Crippen LogP contribution in [0.5, 0.6) is 0 Å². The first-order valence-electron chi connectivity index (χ1n) is 4.92. The second-order valence-corrected chi connectivity index (χ2v) is 4.40. The van der Waals surface area contributed by atoms with Gasteiger partial charge in [-0.3, -0.25) is 0 Å². The van der Waals surface area contributed by atoms with Gasteiger partial charge in [-0.05, 0) is 23.4 Å². The minimum Gasteiger partial charge on any atom is -0.312 e. The number of nitrogens with one attached hydrogen (secondary N) is 1. The van der Waals surface area contributed by atoms with Crippen molar-refractivity contribution in [3.05, 3.63) is 35.4 Å². The molecule has 0 heterocycles. The van der Waals surface area contributed by atoms with Gasteiger partial charge in [-0.25, -0.2) is 0 Å². The maximum atomic E-state index is 11.8. The first kappa shape index (κ1) is 13.9. The second-order valence-electron chi connectivity index (χ2n) is 3.24. The Morgan fingerprint density at radius 3 is 2.65 bits per heavy atom. The van der Waals surface area contributed by atoms with Gasteiger partial charge in [0.25, 0.3) is 0 Å². The average Bonchev–Trinajstić information content (AvgIpc) is 2.27. The van der Waals surface area contributed by atoms with E-state index in [-0.39, 0.29) is 24.1 Å². The summed E-state index contributed by atoms with van der Waals surface area (Å²) in [7, 11) is 0. The number of rotatable bonds is 5. The molecular formula is C11H11F3N2S. The fourth-order valence-corrected chi connectivity index (χ4v) is 1.72. The van der Waals surface area contributed by atoms with E-state index in [2.05, 4.69) is 5.32 Å². The number of alkyl halides is 3. The van der Waals surface area contributed by atoms with Crippen molar-refractivity contribution in [2.75, 3.05) is 12.3 Å². The summed E-state index contributed by atoms with van der Waals surface area (Å²) in [4.78, 5) is 0. The van der Waals surface area contributed by atoms with Crippen molar-refractivity contribution in [2.45, 2.75) is 12.1 Å². The lowest BCUT2D eigenvalue weighted by atomic mass is 10.1. The molecule has 0 aromatic heterocycles. The summed E-state index contributed by atoms with van der Waals surface area (Å²) in [6.07, 6.45) is 0. The number of benzene rings is 1. The number of nitrogens with zero attached hydrogens (tertiary/aromatic N) is 1. The Bertz CT molecular complexity index is 398. The highest BCUT2D eigenvalue weighted by molar-refractivity contribution is 8.00. The van der Waals surface area contributed by atoms with Gasteiger partial charge >= 0.3 is 5.51 Å². The molecule has 0 unspecified atom stereocenters. The first-order chi connectivity index (χ1) is 8.03. The molecule has 0 radical (unpaired) electrons. The maximum absolute atomic E-state index is 11.8. The Morgan fingerprint density at radius 1 is 1.29 bits per heavy atom. The molecule has 2 nitrogen and oxygen atoms in total. The second kappa shape index (κ2) is 6.52. The molecule has 1 aromatic carbocycles. The van der Waals surface area contributed by atoms with E-state index < -0.39 is 5.51 Å². The number of hydrogen-bond donors (Lipinski definition) is 1. The average molecular weight is 260 g/mol. The summed E-state index contributed by atoms with van der Waals surface area (Å²) in [5.74, 6) is -0.0295. The summed E-state index contributed by atoms with van der Waals surface area (Å²) in [6, 6.07) is 9.04. The summed E-state index contributed by atoms with van der Waals surface area (Å²) in [6.45, 7) is 0.659. The third kappa shape index (κ3) is 5.61. The molecule has 0 saturated carbocycles. The summed E-state index contributed by atoms with van der Waals surface area (Å²) < 4.78 is 35.5. The molecule has 92 valence electrons. The molecule has 0 aliphatic heterocycles. The molecule has 17 heavy (non-hydrogen) atoms. The number of hydrogen-bond acceptors (Lipinski definition) is 3. The van der Waals surface area contributed by atoms with E-state index in [0.29, 0.717) is 12.1 Å². The lowest BCUT2D eigenvalue weighted by molar-refractivity contribution is -0.0327. The van der Waals surface area contributed by atoms with Gasteiger partial charge in [0.15, 0.2) is 0 Å². The largest absolute Gasteiger partial charge is 0.441 e. The SMILES string of the molecule is N#Cc1ccccc1CNCCSC(F)(F)F. The fraction of sp³-hybridized carbons (Fsp3) is 0.364. The Balaban J connectivity index is 2.30. The van der Waals surface area contributed by atoms with Crippen LogP contribution in [0.25, 0.3) is 0 Å². The van der Waals surface area contributed by atoms with Crippen LogP contribution in [0.4, 0.5) is 13.2 Å². The van der Waals surface area contributed by atoms with Crippen LogP contribution in [0, 0.1) is 11.3 Å². The molecule has 1 N–H and O–H groups in total. The van der Waals surface area contributed by atoms with Crippen LogP contribution >= 0.6 is 11.8 Å². The normalized spacial score (nSPS) is 11.2. The lowest BCUT2D eigenvalue weighted by Crippen LogP contribution is -2.18. The molecule has 0 bridgehead atoms. The predicted molar refractivity (Wildman–Crippen MR) is 61.4 cm³/mol. The molecular weight excluding hydrogens is 249 g/mol. The zero-order chi connectivity index (χ0) is 12.7. The van der Waals surface area contributed by atoms with Crippen molar-refractivity contribution in [3.8, 4) is 6.07 Å². The number of nitriles is 1. The molecule has 6 heteroatoms. The van der Waals surface area contributed by atoms with Crippen molar-refractivity contribution in [1.29, 1.82) is 5.26 Å². The van der Waals surface area contributed by atoms with Crippen LogP contribution in [0.2, 0.25) is 0 Å². The van der Waals surface area contributed by atoms with E-state index in [4.69, 9.17) is 5.26 Å². The quantitative estimate of drug-likeness (QED) is 0.827. The number of thioether (sulfide) groups is 1. The zero-order valence-corrected chi connectivity index (χ0v) is 9.74.